The second-order valence-electron chi connectivity index (χ2n) is 5.08. The zero-order valence-electron chi connectivity index (χ0n) is 13.5. The highest BCUT2D eigenvalue weighted by molar-refractivity contribution is 7.99. The Kier molecular flexibility index (Phi) is 6.02. The summed E-state index contributed by atoms with van der Waals surface area (Å²) in [5.41, 5.74) is 1.73. The van der Waals surface area contributed by atoms with Crippen LogP contribution in [0.5, 0.6) is 0 Å². The molecule has 0 aromatic carbocycles. The van der Waals surface area contributed by atoms with Gasteiger partial charge >= 0.3 is 0 Å². The molecule has 9 heteroatoms. The normalized spacial score (nSPS) is 10.6. The summed E-state index contributed by atoms with van der Waals surface area (Å²) < 4.78 is 0. The lowest BCUT2D eigenvalue weighted by atomic mass is 10.2. The van der Waals surface area contributed by atoms with Crippen LogP contribution in [0, 0.1) is 0 Å². The predicted molar refractivity (Wildman–Crippen MR) is 98.5 cm³/mol. The second-order valence-corrected chi connectivity index (χ2v) is 7.14. The molecule has 0 radical (unpaired) electrons. The fraction of sp³-hybridized carbons (Fsp3) is 0.250. The largest absolute Gasteiger partial charge is 0.300 e. The van der Waals surface area contributed by atoms with Crippen molar-refractivity contribution in [1.29, 1.82) is 0 Å². The van der Waals surface area contributed by atoms with E-state index in [9.17, 15) is 4.79 Å². The summed E-state index contributed by atoms with van der Waals surface area (Å²) in [7, 11) is 0. The maximum absolute atomic E-state index is 12.0. The zero-order chi connectivity index (χ0) is 17.5. The number of hydrogen-bond acceptors (Lipinski definition) is 8. The number of nitrogens with one attached hydrogen (secondary N) is 1. The summed E-state index contributed by atoms with van der Waals surface area (Å²) in [6.07, 6.45) is 5.31. The number of carbonyl (C=O) groups is 1. The van der Waals surface area contributed by atoms with E-state index in [0.29, 0.717) is 10.2 Å². The fourth-order valence-electron chi connectivity index (χ4n) is 1.99. The Bertz CT molecular complexity index is 822. The SMILES string of the molecule is CCCc1nnc(NC(=O)CSc2ccc(-c3ccncc3)nn2)s1. The Labute approximate surface area is 153 Å². The van der Waals surface area contributed by atoms with Crippen molar-refractivity contribution in [1.82, 2.24) is 25.4 Å². The molecule has 7 nitrogen and oxygen atoms in total. The molecule has 0 atom stereocenters. The molecule has 0 aliphatic carbocycles. The van der Waals surface area contributed by atoms with E-state index in [-0.39, 0.29) is 11.7 Å². The quantitative estimate of drug-likeness (QED) is 0.637. The molecule has 3 aromatic rings. The minimum Gasteiger partial charge on any atom is -0.300 e. The molecule has 0 fully saturated rings. The summed E-state index contributed by atoms with van der Waals surface area (Å²) in [4.78, 5) is 16.0. The third-order valence-corrected chi connectivity index (χ3v) is 4.96. The van der Waals surface area contributed by atoms with Gasteiger partial charge in [0, 0.05) is 24.4 Å². The highest BCUT2D eigenvalue weighted by Gasteiger charge is 2.09. The lowest BCUT2D eigenvalue weighted by Gasteiger charge is -2.02. The van der Waals surface area contributed by atoms with Gasteiger partial charge in [0.2, 0.25) is 11.0 Å². The minimum atomic E-state index is -0.135. The van der Waals surface area contributed by atoms with Crippen molar-refractivity contribution >= 4 is 34.1 Å². The van der Waals surface area contributed by atoms with E-state index in [1.165, 1.54) is 23.1 Å². The molecular formula is C16H16N6OS2. The average Bonchev–Trinajstić information content (AvgIpc) is 3.08. The van der Waals surface area contributed by atoms with Gasteiger partial charge in [0.25, 0.3) is 0 Å². The van der Waals surface area contributed by atoms with Crippen LogP contribution in [0.25, 0.3) is 11.3 Å². The average molecular weight is 372 g/mol. The van der Waals surface area contributed by atoms with E-state index in [4.69, 9.17) is 0 Å². The number of aryl methyl sites for hydroxylation is 1. The maximum atomic E-state index is 12.0. The molecule has 1 amide bonds. The van der Waals surface area contributed by atoms with E-state index < -0.39 is 0 Å². The lowest BCUT2D eigenvalue weighted by Crippen LogP contribution is -2.14. The number of aromatic nitrogens is 5. The maximum Gasteiger partial charge on any atom is 0.236 e. The molecular weight excluding hydrogens is 356 g/mol. The van der Waals surface area contributed by atoms with Crippen LogP contribution in [0.15, 0.2) is 41.7 Å². The van der Waals surface area contributed by atoms with Gasteiger partial charge in [0.1, 0.15) is 10.0 Å². The first-order valence-electron chi connectivity index (χ1n) is 7.73. The van der Waals surface area contributed by atoms with Crippen molar-refractivity contribution in [2.75, 3.05) is 11.1 Å². The Hall–Kier alpha value is -2.39. The van der Waals surface area contributed by atoms with Crippen LogP contribution < -0.4 is 5.32 Å². The highest BCUT2D eigenvalue weighted by atomic mass is 32.2. The van der Waals surface area contributed by atoms with Crippen molar-refractivity contribution in [3.05, 3.63) is 41.7 Å². The molecule has 0 saturated heterocycles. The van der Waals surface area contributed by atoms with E-state index in [2.05, 4.69) is 37.6 Å². The smallest absolute Gasteiger partial charge is 0.236 e. The summed E-state index contributed by atoms with van der Waals surface area (Å²) in [5.74, 6) is 0.107. The van der Waals surface area contributed by atoms with Crippen LogP contribution in [0.2, 0.25) is 0 Å². The molecule has 1 N–H and O–H groups in total. The van der Waals surface area contributed by atoms with E-state index in [1.54, 1.807) is 12.4 Å². The van der Waals surface area contributed by atoms with Crippen molar-refractivity contribution in [2.45, 2.75) is 24.8 Å². The number of thioether (sulfide) groups is 1. The van der Waals surface area contributed by atoms with Crippen molar-refractivity contribution in [3.8, 4) is 11.3 Å². The molecule has 25 heavy (non-hydrogen) atoms. The number of pyridine rings is 1. The summed E-state index contributed by atoms with van der Waals surface area (Å²) >= 11 is 2.74. The van der Waals surface area contributed by atoms with Crippen molar-refractivity contribution in [2.24, 2.45) is 0 Å². The minimum absolute atomic E-state index is 0.135. The van der Waals surface area contributed by atoms with Crippen LogP contribution >= 0.6 is 23.1 Å². The van der Waals surface area contributed by atoms with Gasteiger partial charge in [-0.3, -0.25) is 15.1 Å². The third kappa shape index (κ3) is 5.04. The first kappa shape index (κ1) is 17.4. The third-order valence-electron chi connectivity index (χ3n) is 3.14. The molecule has 0 saturated carbocycles. The molecule has 0 unspecified atom stereocenters. The number of anilines is 1. The van der Waals surface area contributed by atoms with Gasteiger partial charge in [-0.05, 0) is 30.7 Å². The van der Waals surface area contributed by atoms with Gasteiger partial charge < -0.3 is 0 Å². The number of amides is 1. The summed E-state index contributed by atoms with van der Waals surface area (Å²) in [6.45, 7) is 2.08. The van der Waals surface area contributed by atoms with Crippen molar-refractivity contribution in [3.63, 3.8) is 0 Å². The number of nitrogens with zero attached hydrogens (tertiary/aromatic N) is 5. The fourth-order valence-corrected chi connectivity index (χ4v) is 3.46. The molecule has 0 spiro atoms. The van der Waals surface area contributed by atoms with Gasteiger partial charge in [-0.25, -0.2) is 0 Å². The van der Waals surface area contributed by atoms with Crippen molar-refractivity contribution < 1.29 is 4.79 Å². The topological polar surface area (TPSA) is 93.6 Å². The Balaban J connectivity index is 1.51. The van der Waals surface area contributed by atoms with Crippen LogP contribution in [-0.2, 0) is 11.2 Å². The van der Waals surface area contributed by atoms with E-state index in [1.807, 2.05) is 24.3 Å². The molecule has 0 bridgehead atoms. The summed E-state index contributed by atoms with van der Waals surface area (Å²) in [6, 6.07) is 7.48. The van der Waals surface area contributed by atoms with E-state index >= 15 is 0 Å². The molecule has 0 aliphatic heterocycles. The first-order valence-corrected chi connectivity index (χ1v) is 9.54. The lowest BCUT2D eigenvalue weighted by molar-refractivity contribution is -0.113. The Morgan fingerprint density at radius 3 is 2.68 bits per heavy atom. The number of hydrogen-bond donors (Lipinski definition) is 1. The van der Waals surface area contributed by atoms with Gasteiger partial charge in [0.15, 0.2) is 0 Å². The summed E-state index contributed by atoms with van der Waals surface area (Å²) in [5, 5.41) is 21.3. The van der Waals surface area contributed by atoms with Gasteiger partial charge in [-0.15, -0.1) is 20.4 Å². The van der Waals surface area contributed by atoms with Crippen LogP contribution in [0.3, 0.4) is 0 Å². The molecule has 3 rings (SSSR count). The highest BCUT2D eigenvalue weighted by Crippen LogP contribution is 2.20. The van der Waals surface area contributed by atoms with Crippen LogP contribution in [0.4, 0.5) is 5.13 Å². The standard InChI is InChI=1S/C16H16N6OS2/c1-2-3-15-21-22-16(25-15)18-13(23)10-24-14-5-4-12(19-20-14)11-6-8-17-9-7-11/h4-9H,2-3,10H2,1H3,(H,18,22,23). The molecule has 3 heterocycles. The number of carbonyl (C=O) groups excluding carboxylic acids is 1. The van der Waals surface area contributed by atoms with Gasteiger partial charge in [-0.1, -0.05) is 30.0 Å². The van der Waals surface area contributed by atoms with Crippen LogP contribution in [0.1, 0.15) is 18.4 Å². The van der Waals surface area contributed by atoms with Gasteiger partial charge in [-0.2, -0.15) is 0 Å². The van der Waals surface area contributed by atoms with Gasteiger partial charge in [0.05, 0.1) is 11.4 Å². The number of rotatable bonds is 7. The molecule has 0 aliphatic rings. The Morgan fingerprint density at radius 2 is 1.96 bits per heavy atom. The predicted octanol–water partition coefficient (Wildman–Crippen LogP) is 3.07. The van der Waals surface area contributed by atoms with Crippen LogP contribution in [-0.4, -0.2) is 37.0 Å². The molecule has 3 aromatic heterocycles. The Morgan fingerprint density at radius 1 is 1.12 bits per heavy atom. The first-order chi connectivity index (χ1) is 12.2. The monoisotopic (exact) mass is 372 g/mol. The van der Waals surface area contributed by atoms with E-state index in [0.717, 1.165) is 29.1 Å². The zero-order valence-corrected chi connectivity index (χ0v) is 15.2. The second kappa shape index (κ2) is 8.63. The molecule has 128 valence electrons.